The van der Waals surface area contributed by atoms with Crippen LogP contribution >= 0.6 is 0 Å². The Bertz CT molecular complexity index is 1440. The van der Waals surface area contributed by atoms with Gasteiger partial charge in [0.25, 0.3) is 0 Å². The lowest BCUT2D eigenvalue weighted by Crippen LogP contribution is -2.47. The van der Waals surface area contributed by atoms with Gasteiger partial charge in [-0.25, -0.2) is 9.18 Å². The van der Waals surface area contributed by atoms with Crippen LogP contribution in [0.2, 0.25) is 0 Å². The molecule has 10 heteroatoms. The number of carbonyl (C=O) groups excluding carboxylic acids is 1. The standard InChI is InChI=1S/C35H45BFNO7/c1-34(2,3)45-33(39)38-16-10-9-13-27(21-38)40-17-18-41-32-30(37)15-14-26-19-28(42-22-25-11-7-6-8-12-25)20-29(31(26)32)36-43-23-35(4,5)24-44-36/h6-8,11-12,14-15,19-20,27H,9-10,13,16-18,21-24H2,1-5H3/t27-/m1/s1. The Hall–Kier alpha value is -3.34. The number of nitrogens with zero attached hydrogens (tertiary/aromatic N) is 1. The molecule has 0 unspecified atom stereocenters. The van der Waals surface area contributed by atoms with E-state index in [2.05, 4.69) is 13.8 Å². The number of benzene rings is 3. The van der Waals surface area contributed by atoms with Crippen molar-refractivity contribution in [1.29, 1.82) is 0 Å². The van der Waals surface area contributed by atoms with Gasteiger partial charge in [-0.1, -0.05) is 50.2 Å². The number of halogens is 1. The molecule has 0 aliphatic carbocycles. The zero-order chi connectivity index (χ0) is 32.0. The molecule has 8 nitrogen and oxygen atoms in total. The lowest BCUT2D eigenvalue weighted by molar-refractivity contribution is -0.00491. The van der Waals surface area contributed by atoms with E-state index in [0.29, 0.717) is 49.5 Å². The molecular formula is C35H45BFNO7. The summed E-state index contributed by atoms with van der Waals surface area (Å²) in [7, 11) is -0.703. The average Bonchev–Trinajstić information content (AvgIpc) is 3.24. The van der Waals surface area contributed by atoms with E-state index in [1.54, 1.807) is 11.0 Å². The Morgan fingerprint density at radius 3 is 2.51 bits per heavy atom. The largest absolute Gasteiger partial charge is 0.494 e. The molecule has 2 saturated heterocycles. The first kappa shape index (κ1) is 33.0. The number of likely N-dealkylation sites (tertiary alicyclic amines) is 1. The highest BCUT2D eigenvalue weighted by Crippen LogP contribution is 2.33. The lowest BCUT2D eigenvalue weighted by Gasteiger charge is -2.33. The van der Waals surface area contributed by atoms with Gasteiger partial charge in [-0.3, -0.25) is 0 Å². The molecule has 3 aromatic rings. The van der Waals surface area contributed by atoms with Crippen LogP contribution in [0.15, 0.2) is 54.6 Å². The second kappa shape index (κ2) is 14.4. The number of rotatable bonds is 9. The Labute approximate surface area is 266 Å². The summed E-state index contributed by atoms with van der Waals surface area (Å²) in [4.78, 5) is 14.4. The molecule has 2 aliphatic rings. The number of carbonyl (C=O) groups is 1. The van der Waals surface area contributed by atoms with Crippen LogP contribution in [0, 0.1) is 11.2 Å². The van der Waals surface area contributed by atoms with E-state index in [1.165, 1.54) is 6.07 Å². The lowest BCUT2D eigenvalue weighted by atomic mass is 9.73. The molecule has 2 aliphatic heterocycles. The maximum absolute atomic E-state index is 15.4. The van der Waals surface area contributed by atoms with E-state index in [0.717, 1.165) is 30.2 Å². The molecule has 0 radical (unpaired) electrons. The van der Waals surface area contributed by atoms with Crippen molar-refractivity contribution in [2.75, 3.05) is 39.5 Å². The zero-order valence-electron chi connectivity index (χ0n) is 27.1. The van der Waals surface area contributed by atoms with Crippen LogP contribution in [0.25, 0.3) is 10.8 Å². The summed E-state index contributed by atoms with van der Waals surface area (Å²) >= 11 is 0. The summed E-state index contributed by atoms with van der Waals surface area (Å²) in [5.74, 6) is 0.264. The molecule has 1 atom stereocenters. The molecule has 0 aromatic heterocycles. The van der Waals surface area contributed by atoms with Crippen molar-refractivity contribution in [2.45, 2.75) is 72.2 Å². The first-order chi connectivity index (χ1) is 21.5. The van der Waals surface area contributed by atoms with Crippen molar-refractivity contribution in [3.63, 3.8) is 0 Å². The third kappa shape index (κ3) is 9.12. The normalized spacial score (nSPS) is 18.8. The number of fused-ring (bicyclic) bond motifs is 1. The van der Waals surface area contributed by atoms with Crippen LogP contribution in [0.3, 0.4) is 0 Å². The molecule has 1 amide bonds. The average molecular weight is 622 g/mol. The van der Waals surface area contributed by atoms with E-state index >= 15 is 4.39 Å². The van der Waals surface area contributed by atoms with Crippen molar-refractivity contribution in [2.24, 2.45) is 5.41 Å². The predicted molar refractivity (Wildman–Crippen MR) is 173 cm³/mol. The Morgan fingerprint density at radius 1 is 1.02 bits per heavy atom. The van der Waals surface area contributed by atoms with Crippen LogP contribution in [-0.4, -0.2) is 69.3 Å². The minimum absolute atomic E-state index is 0.119. The third-order valence-corrected chi connectivity index (χ3v) is 7.74. The molecule has 242 valence electrons. The minimum Gasteiger partial charge on any atom is -0.489 e. The van der Waals surface area contributed by atoms with Crippen LogP contribution in [0.1, 0.15) is 59.4 Å². The number of hydrogen-bond acceptors (Lipinski definition) is 7. The smallest absolute Gasteiger partial charge is 0.489 e. The van der Waals surface area contributed by atoms with Crippen molar-refractivity contribution in [3.05, 3.63) is 66.0 Å². The summed E-state index contributed by atoms with van der Waals surface area (Å²) in [6.07, 6.45) is 2.17. The van der Waals surface area contributed by atoms with Crippen molar-refractivity contribution < 1.29 is 37.4 Å². The Balaban J connectivity index is 1.31. The van der Waals surface area contributed by atoms with E-state index in [1.807, 2.05) is 63.2 Å². The van der Waals surface area contributed by atoms with Crippen molar-refractivity contribution >= 4 is 29.4 Å². The molecule has 0 bridgehead atoms. The van der Waals surface area contributed by atoms with Gasteiger partial charge in [0.15, 0.2) is 11.6 Å². The van der Waals surface area contributed by atoms with E-state index in [4.69, 9.17) is 28.3 Å². The monoisotopic (exact) mass is 621 g/mol. The van der Waals surface area contributed by atoms with Crippen LogP contribution < -0.4 is 14.9 Å². The molecule has 45 heavy (non-hydrogen) atoms. The highest BCUT2D eigenvalue weighted by atomic mass is 19.1. The summed E-state index contributed by atoms with van der Waals surface area (Å²) in [6.45, 7) is 12.6. The molecule has 0 saturated carbocycles. The molecular weight excluding hydrogens is 576 g/mol. The van der Waals surface area contributed by atoms with Crippen molar-refractivity contribution in [1.82, 2.24) is 4.90 Å². The predicted octanol–water partition coefficient (Wildman–Crippen LogP) is 6.51. The van der Waals surface area contributed by atoms with Gasteiger partial charge in [0.2, 0.25) is 0 Å². The Kier molecular flexibility index (Phi) is 10.6. The maximum atomic E-state index is 15.4. The van der Waals surface area contributed by atoms with E-state index in [-0.39, 0.29) is 36.6 Å². The highest BCUT2D eigenvalue weighted by molar-refractivity contribution is 6.65. The van der Waals surface area contributed by atoms with Crippen LogP contribution in [0.5, 0.6) is 11.5 Å². The fraction of sp³-hybridized carbons (Fsp3) is 0.514. The second-order valence-corrected chi connectivity index (χ2v) is 13.6. The molecule has 0 N–H and O–H groups in total. The third-order valence-electron chi connectivity index (χ3n) is 7.74. The van der Waals surface area contributed by atoms with Gasteiger partial charge in [0.05, 0.1) is 19.3 Å². The SMILES string of the molecule is CC1(C)COB(c2cc(OCc3ccccc3)cc3ccc(F)c(OCCO[C@@H]4CCCCN(C(=O)OC(C)(C)C)C4)c23)OC1. The fourth-order valence-electron chi connectivity index (χ4n) is 5.52. The minimum atomic E-state index is -0.703. The van der Waals surface area contributed by atoms with Gasteiger partial charge in [-0.05, 0) is 74.6 Å². The maximum Gasteiger partial charge on any atom is 0.494 e. The quantitative estimate of drug-likeness (QED) is 0.199. The van der Waals surface area contributed by atoms with Gasteiger partial charge in [-0.15, -0.1) is 0 Å². The van der Waals surface area contributed by atoms with Crippen LogP contribution in [-0.2, 0) is 25.4 Å². The second-order valence-electron chi connectivity index (χ2n) is 13.6. The molecule has 0 spiro atoms. The molecule has 3 aromatic carbocycles. The van der Waals surface area contributed by atoms with Gasteiger partial charge < -0.3 is 33.2 Å². The summed E-state index contributed by atoms with van der Waals surface area (Å²) in [5.41, 5.74) is 0.996. The molecule has 2 fully saturated rings. The first-order valence-electron chi connectivity index (χ1n) is 15.9. The fourth-order valence-corrected chi connectivity index (χ4v) is 5.52. The van der Waals surface area contributed by atoms with Gasteiger partial charge in [0.1, 0.15) is 24.6 Å². The topological polar surface area (TPSA) is 75.7 Å². The summed E-state index contributed by atoms with van der Waals surface area (Å²) in [5, 5.41) is 1.33. The van der Waals surface area contributed by atoms with Gasteiger partial charge in [-0.2, -0.15) is 0 Å². The number of hydrogen-bond donors (Lipinski definition) is 0. The molecule has 2 heterocycles. The van der Waals surface area contributed by atoms with Crippen molar-refractivity contribution in [3.8, 4) is 11.5 Å². The zero-order valence-corrected chi connectivity index (χ0v) is 27.1. The molecule has 5 rings (SSSR count). The van der Waals surface area contributed by atoms with Gasteiger partial charge in [0, 0.05) is 30.6 Å². The Morgan fingerprint density at radius 2 is 1.78 bits per heavy atom. The summed E-state index contributed by atoms with van der Waals surface area (Å²) in [6, 6.07) is 16.8. The van der Waals surface area contributed by atoms with E-state index in [9.17, 15) is 4.79 Å². The summed E-state index contributed by atoms with van der Waals surface area (Å²) < 4.78 is 51.7. The van der Waals surface area contributed by atoms with Gasteiger partial charge >= 0.3 is 13.2 Å². The van der Waals surface area contributed by atoms with E-state index < -0.39 is 18.5 Å². The number of ether oxygens (including phenoxy) is 4. The van der Waals surface area contributed by atoms with Crippen LogP contribution in [0.4, 0.5) is 9.18 Å². The first-order valence-corrected chi connectivity index (χ1v) is 15.9. The highest BCUT2D eigenvalue weighted by Gasteiger charge is 2.36. The number of amides is 1.